The molecule has 1 N–H and O–H groups in total. The lowest BCUT2D eigenvalue weighted by atomic mass is 9.85. The third-order valence-electron chi connectivity index (χ3n) is 3.23. The monoisotopic (exact) mass is 213 g/mol. The van der Waals surface area contributed by atoms with Gasteiger partial charge < -0.3 is 10.0 Å². The molecule has 1 aliphatic carbocycles. The minimum Gasteiger partial charge on any atom is -0.481 e. The summed E-state index contributed by atoms with van der Waals surface area (Å²) in [5.74, 6) is 0.270. The summed E-state index contributed by atoms with van der Waals surface area (Å²) in [6, 6.07) is 0. The van der Waals surface area contributed by atoms with Crippen molar-refractivity contribution in [3.05, 3.63) is 0 Å². The van der Waals surface area contributed by atoms with Gasteiger partial charge in [0.1, 0.15) is 0 Å². The summed E-state index contributed by atoms with van der Waals surface area (Å²) in [6.07, 6.45) is 7.56. The van der Waals surface area contributed by atoms with Crippen molar-refractivity contribution in [3.8, 4) is 0 Å². The van der Waals surface area contributed by atoms with Crippen LogP contribution in [0, 0.1) is 5.92 Å². The highest BCUT2D eigenvalue weighted by molar-refractivity contribution is 5.66. The fourth-order valence-electron chi connectivity index (χ4n) is 2.04. The number of nitrogens with zero attached hydrogens (tertiary/aromatic N) is 1. The van der Waals surface area contributed by atoms with Crippen LogP contribution in [0.25, 0.3) is 0 Å². The Kier molecular flexibility index (Phi) is 5.69. The first-order valence-corrected chi connectivity index (χ1v) is 6.09. The zero-order chi connectivity index (χ0) is 11.1. The predicted octanol–water partition coefficient (Wildman–Crippen LogP) is 2.36. The number of unbranched alkanes of at least 4 members (excludes halogenated alkanes) is 2. The van der Waals surface area contributed by atoms with Crippen molar-refractivity contribution in [2.45, 2.75) is 44.9 Å². The Bertz CT molecular complexity index is 190. The van der Waals surface area contributed by atoms with Crippen LogP contribution >= 0.6 is 0 Å². The third kappa shape index (κ3) is 5.78. The second kappa shape index (κ2) is 6.83. The molecule has 1 aliphatic rings. The summed E-state index contributed by atoms with van der Waals surface area (Å²) in [4.78, 5) is 12.7. The standard InChI is InChI=1S/C12H23NO2/c1-13(10-11-6-5-7-11)9-4-2-3-8-12(14)15/h11H,2-10H2,1H3,(H,14,15). The quantitative estimate of drug-likeness (QED) is 0.629. The first-order valence-electron chi connectivity index (χ1n) is 6.09. The molecule has 3 heteroatoms. The molecule has 3 nitrogen and oxygen atoms in total. The van der Waals surface area contributed by atoms with E-state index in [1.807, 2.05) is 0 Å². The molecule has 0 unspecified atom stereocenters. The van der Waals surface area contributed by atoms with Gasteiger partial charge in [-0.15, -0.1) is 0 Å². The van der Waals surface area contributed by atoms with Gasteiger partial charge in [-0.2, -0.15) is 0 Å². The zero-order valence-corrected chi connectivity index (χ0v) is 9.74. The highest BCUT2D eigenvalue weighted by Gasteiger charge is 2.18. The van der Waals surface area contributed by atoms with Crippen LogP contribution in [0.15, 0.2) is 0 Å². The number of carboxylic acid groups (broad SMARTS) is 1. The Balaban J connectivity index is 1.87. The number of carboxylic acids is 1. The number of rotatable bonds is 8. The first kappa shape index (κ1) is 12.5. The largest absolute Gasteiger partial charge is 0.481 e. The van der Waals surface area contributed by atoms with Gasteiger partial charge in [-0.3, -0.25) is 4.79 Å². The van der Waals surface area contributed by atoms with Crippen LogP contribution in [0.5, 0.6) is 0 Å². The van der Waals surface area contributed by atoms with Crippen molar-refractivity contribution in [1.29, 1.82) is 0 Å². The van der Waals surface area contributed by atoms with Gasteiger partial charge in [-0.1, -0.05) is 12.8 Å². The molecule has 0 atom stereocenters. The molecule has 0 aromatic carbocycles. The van der Waals surface area contributed by atoms with Crippen LogP contribution in [-0.4, -0.2) is 36.1 Å². The van der Waals surface area contributed by atoms with Gasteiger partial charge in [0.05, 0.1) is 0 Å². The number of aliphatic carboxylic acids is 1. The average Bonchev–Trinajstić information content (AvgIpc) is 2.10. The summed E-state index contributed by atoms with van der Waals surface area (Å²) in [6.45, 7) is 2.36. The Labute approximate surface area is 92.5 Å². The lowest BCUT2D eigenvalue weighted by Crippen LogP contribution is -2.30. The molecule has 88 valence electrons. The van der Waals surface area contributed by atoms with Gasteiger partial charge in [0.2, 0.25) is 0 Å². The van der Waals surface area contributed by atoms with E-state index in [1.54, 1.807) is 0 Å². The highest BCUT2D eigenvalue weighted by Crippen LogP contribution is 2.26. The summed E-state index contributed by atoms with van der Waals surface area (Å²) in [5.41, 5.74) is 0. The first-order chi connectivity index (χ1) is 7.18. The summed E-state index contributed by atoms with van der Waals surface area (Å²) in [7, 11) is 2.18. The predicted molar refractivity (Wildman–Crippen MR) is 60.9 cm³/mol. The van der Waals surface area contributed by atoms with E-state index in [2.05, 4.69) is 11.9 Å². The third-order valence-corrected chi connectivity index (χ3v) is 3.23. The normalized spacial score (nSPS) is 16.7. The van der Waals surface area contributed by atoms with Crippen molar-refractivity contribution in [2.24, 2.45) is 5.92 Å². The van der Waals surface area contributed by atoms with Crippen molar-refractivity contribution in [1.82, 2.24) is 4.90 Å². The van der Waals surface area contributed by atoms with Gasteiger partial charge in [-0.25, -0.2) is 0 Å². The molecule has 15 heavy (non-hydrogen) atoms. The molecular weight excluding hydrogens is 190 g/mol. The van der Waals surface area contributed by atoms with E-state index in [1.165, 1.54) is 25.8 Å². The zero-order valence-electron chi connectivity index (χ0n) is 9.74. The Morgan fingerprint density at radius 2 is 2.07 bits per heavy atom. The van der Waals surface area contributed by atoms with Gasteiger partial charge in [0.15, 0.2) is 0 Å². The summed E-state index contributed by atoms with van der Waals surface area (Å²) >= 11 is 0. The molecule has 1 saturated carbocycles. The van der Waals surface area contributed by atoms with Gasteiger partial charge in [0.25, 0.3) is 0 Å². The smallest absolute Gasteiger partial charge is 0.303 e. The molecule has 1 fully saturated rings. The molecule has 1 rings (SSSR count). The molecule has 0 amide bonds. The van der Waals surface area contributed by atoms with E-state index in [0.717, 1.165) is 31.7 Å². The molecule has 0 spiro atoms. The molecule has 0 bridgehead atoms. The van der Waals surface area contributed by atoms with Crippen LogP contribution < -0.4 is 0 Å². The lowest BCUT2D eigenvalue weighted by Gasteiger charge is -2.30. The second-order valence-corrected chi connectivity index (χ2v) is 4.76. The minimum absolute atomic E-state index is 0.326. The van der Waals surface area contributed by atoms with Crippen molar-refractivity contribution in [3.63, 3.8) is 0 Å². The van der Waals surface area contributed by atoms with E-state index in [4.69, 9.17) is 5.11 Å². The number of hydrogen-bond donors (Lipinski definition) is 1. The van der Waals surface area contributed by atoms with E-state index < -0.39 is 5.97 Å². The molecular formula is C12H23NO2. The van der Waals surface area contributed by atoms with Gasteiger partial charge in [0, 0.05) is 13.0 Å². The maximum atomic E-state index is 10.3. The van der Waals surface area contributed by atoms with Crippen LogP contribution in [0.4, 0.5) is 0 Å². The van der Waals surface area contributed by atoms with Gasteiger partial charge in [-0.05, 0) is 45.2 Å². The second-order valence-electron chi connectivity index (χ2n) is 4.76. The van der Waals surface area contributed by atoms with Crippen molar-refractivity contribution >= 4 is 5.97 Å². The SMILES string of the molecule is CN(CCCCCC(=O)O)CC1CCC1. The highest BCUT2D eigenvalue weighted by atomic mass is 16.4. The van der Waals surface area contributed by atoms with E-state index in [0.29, 0.717) is 6.42 Å². The lowest BCUT2D eigenvalue weighted by molar-refractivity contribution is -0.137. The molecule has 0 aromatic heterocycles. The topological polar surface area (TPSA) is 40.5 Å². The molecule has 0 heterocycles. The Morgan fingerprint density at radius 3 is 2.60 bits per heavy atom. The number of hydrogen-bond acceptors (Lipinski definition) is 2. The summed E-state index contributed by atoms with van der Waals surface area (Å²) < 4.78 is 0. The minimum atomic E-state index is -0.669. The molecule has 0 saturated heterocycles. The Hall–Kier alpha value is -0.570. The molecule has 0 aromatic rings. The van der Waals surface area contributed by atoms with Crippen LogP contribution in [0.1, 0.15) is 44.9 Å². The molecule has 0 aliphatic heterocycles. The van der Waals surface area contributed by atoms with Crippen LogP contribution in [0.3, 0.4) is 0 Å². The van der Waals surface area contributed by atoms with Crippen molar-refractivity contribution < 1.29 is 9.90 Å². The maximum absolute atomic E-state index is 10.3. The van der Waals surface area contributed by atoms with Crippen molar-refractivity contribution in [2.75, 3.05) is 20.1 Å². The maximum Gasteiger partial charge on any atom is 0.303 e. The average molecular weight is 213 g/mol. The number of carbonyl (C=O) groups is 1. The van der Waals surface area contributed by atoms with E-state index in [-0.39, 0.29) is 0 Å². The fourth-order valence-corrected chi connectivity index (χ4v) is 2.04. The van der Waals surface area contributed by atoms with E-state index in [9.17, 15) is 4.79 Å². The summed E-state index contributed by atoms with van der Waals surface area (Å²) in [5, 5.41) is 8.47. The van der Waals surface area contributed by atoms with Crippen LogP contribution in [0.2, 0.25) is 0 Å². The van der Waals surface area contributed by atoms with E-state index >= 15 is 0 Å². The van der Waals surface area contributed by atoms with Gasteiger partial charge >= 0.3 is 5.97 Å². The Morgan fingerprint density at radius 1 is 1.33 bits per heavy atom. The molecule has 0 radical (unpaired) electrons. The fraction of sp³-hybridized carbons (Fsp3) is 0.917. The van der Waals surface area contributed by atoms with Crippen LogP contribution in [-0.2, 0) is 4.79 Å².